The highest BCUT2D eigenvalue weighted by atomic mass is 16.5. The van der Waals surface area contributed by atoms with E-state index in [1.54, 1.807) is 4.90 Å². The lowest BCUT2D eigenvalue weighted by molar-refractivity contribution is -0.143. The number of rotatable bonds is 6. The summed E-state index contributed by atoms with van der Waals surface area (Å²) in [5.41, 5.74) is 2.04. The normalized spacial score (nSPS) is 18.4. The number of benzene rings is 1. The van der Waals surface area contributed by atoms with Gasteiger partial charge in [-0.3, -0.25) is 9.59 Å². The highest BCUT2D eigenvalue weighted by Gasteiger charge is 2.35. The van der Waals surface area contributed by atoms with Gasteiger partial charge in [-0.1, -0.05) is 31.9 Å². The first-order valence-electron chi connectivity index (χ1n) is 8.22. The van der Waals surface area contributed by atoms with E-state index >= 15 is 0 Å². The lowest BCUT2D eigenvalue weighted by Crippen LogP contribution is -2.58. The molecule has 1 fully saturated rings. The maximum absolute atomic E-state index is 12.5. The highest BCUT2D eigenvalue weighted by Crippen LogP contribution is 2.23. The van der Waals surface area contributed by atoms with Crippen LogP contribution in [0.2, 0.25) is 0 Å². The first-order chi connectivity index (χ1) is 11.1. The Bertz CT molecular complexity index is 559. The van der Waals surface area contributed by atoms with Crippen LogP contribution in [-0.4, -0.2) is 49.6 Å². The van der Waals surface area contributed by atoms with Gasteiger partial charge in [0.05, 0.1) is 6.04 Å². The Morgan fingerprint density at radius 2 is 2.17 bits per heavy atom. The topological polar surface area (TPSA) is 49.9 Å². The van der Waals surface area contributed by atoms with E-state index in [9.17, 15) is 9.59 Å². The first kappa shape index (κ1) is 17.5. The molecular weight excluding hydrogens is 292 g/mol. The molecule has 1 heterocycles. The molecule has 5 nitrogen and oxygen atoms in total. The van der Waals surface area contributed by atoms with Gasteiger partial charge in [0.15, 0.2) is 0 Å². The molecule has 2 rings (SSSR count). The number of hydrogen-bond acceptors (Lipinski definition) is 3. The second-order valence-corrected chi connectivity index (χ2v) is 6.09. The monoisotopic (exact) mass is 318 g/mol. The maximum Gasteiger partial charge on any atom is 0.249 e. The van der Waals surface area contributed by atoms with Crippen LogP contribution in [-0.2, 0) is 14.3 Å². The van der Waals surface area contributed by atoms with Crippen LogP contribution < -0.4 is 4.90 Å². The summed E-state index contributed by atoms with van der Waals surface area (Å²) in [6, 6.07) is 7.99. The Morgan fingerprint density at radius 1 is 1.39 bits per heavy atom. The zero-order valence-corrected chi connectivity index (χ0v) is 14.2. The van der Waals surface area contributed by atoms with Crippen molar-refractivity contribution in [1.82, 2.24) is 4.90 Å². The Morgan fingerprint density at radius 3 is 2.83 bits per heavy atom. The fourth-order valence-corrected chi connectivity index (χ4v) is 3.00. The zero-order chi connectivity index (χ0) is 16.8. The van der Waals surface area contributed by atoms with Gasteiger partial charge in [-0.25, -0.2) is 0 Å². The average Bonchev–Trinajstić information content (AvgIpc) is 2.53. The number of nitrogens with zero attached hydrogens (tertiary/aromatic N) is 2. The first-order valence-corrected chi connectivity index (χ1v) is 8.22. The number of carbonyl (C=O) groups excluding carboxylic acids is 2. The van der Waals surface area contributed by atoms with E-state index in [1.807, 2.05) is 36.1 Å². The van der Waals surface area contributed by atoms with E-state index in [2.05, 4.69) is 6.92 Å². The predicted octanol–water partition coefficient (Wildman–Crippen LogP) is 2.38. The molecule has 0 unspecified atom stereocenters. The molecule has 0 radical (unpaired) electrons. The molecule has 2 amide bonds. The van der Waals surface area contributed by atoms with Crippen molar-refractivity contribution in [3.05, 3.63) is 29.8 Å². The quantitative estimate of drug-likeness (QED) is 0.809. The van der Waals surface area contributed by atoms with Crippen LogP contribution in [0, 0.1) is 6.92 Å². The van der Waals surface area contributed by atoms with Crippen molar-refractivity contribution in [2.45, 2.75) is 39.2 Å². The SMILES string of the molecule is CCCC[C@@H]1CN(c2cccc(C)c2)C(=O)CN1C(=O)COC. The molecule has 1 aliphatic rings. The largest absolute Gasteiger partial charge is 0.375 e. The molecule has 23 heavy (non-hydrogen) atoms. The number of anilines is 1. The van der Waals surface area contributed by atoms with E-state index in [0.717, 1.165) is 30.5 Å². The van der Waals surface area contributed by atoms with Crippen molar-refractivity contribution >= 4 is 17.5 Å². The van der Waals surface area contributed by atoms with Crippen molar-refractivity contribution in [1.29, 1.82) is 0 Å². The minimum absolute atomic E-state index is 0.0281. The van der Waals surface area contributed by atoms with Crippen LogP contribution in [0.15, 0.2) is 24.3 Å². The van der Waals surface area contributed by atoms with E-state index in [0.29, 0.717) is 6.54 Å². The van der Waals surface area contributed by atoms with Crippen molar-refractivity contribution < 1.29 is 14.3 Å². The molecule has 0 aromatic heterocycles. The van der Waals surface area contributed by atoms with Gasteiger partial charge in [0.2, 0.25) is 11.8 Å². The number of unbranched alkanes of at least 4 members (excludes halogenated alkanes) is 1. The van der Waals surface area contributed by atoms with Crippen molar-refractivity contribution in [3.8, 4) is 0 Å². The Labute approximate surface area is 138 Å². The molecule has 0 saturated carbocycles. The van der Waals surface area contributed by atoms with Crippen LogP contribution in [0.1, 0.15) is 31.7 Å². The minimum Gasteiger partial charge on any atom is -0.375 e. The maximum atomic E-state index is 12.5. The minimum atomic E-state index is -0.106. The molecule has 126 valence electrons. The summed E-state index contributed by atoms with van der Waals surface area (Å²) in [5, 5.41) is 0. The van der Waals surface area contributed by atoms with Crippen LogP contribution in [0.4, 0.5) is 5.69 Å². The Kier molecular flexibility index (Phi) is 6.16. The van der Waals surface area contributed by atoms with Gasteiger partial charge >= 0.3 is 0 Å². The van der Waals surface area contributed by atoms with Gasteiger partial charge in [-0.2, -0.15) is 0 Å². The molecule has 1 atom stereocenters. The smallest absolute Gasteiger partial charge is 0.249 e. The molecule has 0 N–H and O–H groups in total. The lowest BCUT2D eigenvalue weighted by Gasteiger charge is -2.41. The zero-order valence-electron chi connectivity index (χ0n) is 14.2. The Balaban J connectivity index is 2.19. The molecule has 0 bridgehead atoms. The standard InChI is InChI=1S/C18H26N2O3/c1-4-5-8-16-11-19(15-9-6-7-14(2)10-15)17(21)12-20(16)18(22)13-23-3/h6-7,9-10,16H,4-5,8,11-13H2,1-3H3/t16-/m1/s1. The third-order valence-electron chi connectivity index (χ3n) is 4.23. The van der Waals surface area contributed by atoms with E-state index in [1.165, 1.54) is 7.11 Å². The second kappa shape index (κ2) is 8.11. The van der Waals surface area contributed by atoms with Crippen molar-refractivity contribution in [3.63, 3.8) is 0 Å². The van der Waals surface area contributed by atoms with E-state index in [4.69, 9.17) is 4.74 Å². The summed E-state index contributed by atoms with van der Waals surface area (Å²) in [6.45, 7) is 4.86. The molecule has 0 spiro atoms. The predicted molar refractivity (Wildman–Crippen MR) is 90.4 cm³/mol. The van der Waals surface area contributed by atoms with Gasteiger partial charge < -0.3 is 14.5 Å². The summed E-state index contributed by atoms with van der Waals surface area (Å²) in [4.78, 5) is 28.3. The van der Waals surface area contributed by atoms with Crippen LogP contribution in [0.25, 0.3) is 0 Å². The number of methoxy groups -OCH3 is 1. The third kappa shape index (κ3) is 4.32. The van der Waals surface area contributed by atoms with Crippen LogP contribution in [0.3, 0.4) is 0 Å². The van der Waals surface area contributed by atoms with Crippen LogP contribution >= 0.6 is 0 Å². The number of piperazine rings is 1. The molecule has 0 aliphatic carbocycles. The molecule has 1 aliphatic heterocycles. The van der Waals surface area contributed by atoms with Gasteiger partial charge in [0.25, 0.3) is 0 Å². The number of carbonyl (C=O) groups is 2. The highest BCUT2D eigenvalue weighted by molar-refractivity contribution is 5.98. The summed E-state index contributed by atoms with van der Waals surface area (Å²) >= 11 is 0. The molecule has 1 aromatic rings. The van der Waals surface area contributed by atoms with E-state index < -0.39 is 0 Å². The average molecular weight is 318 g/mol. The summed E-state index contributed by atoms with van der Waals surface area (Å²) < 4.78 is 4.96. The third-order valence-corrected chi connectivity index (χ3v) is 4.23. The fraction of sp³-hybridized carbons (Fsp3) is 0.556. The second-order valence-electron chi connectivity index (χ2n) is 6.09. The van der Waals surface area contributed by atoms with Crippen molar-refractivity contribution in [2.75, 3.05) is 31.7 Å². The van der Waals surface area contributed by atoms with Gasteiger partial charge in [-0.05, 0) is 31.0 Å². The van der Waals surface area contributed by atoms with Crippen molar-refractivity contribution in [2.24, 2.45) is 0 Å². The number of hydrogen-bond donors (Lipinski definition) is 0. The molecule has 5 heteroatoms. The summed E-state index contributed by atoms with van der Waals surface area (Å²) in [7, 11) is 1.50. The molecule has 1 aromatic carbocycles. The lowest BCUT2D eigenvalue weighted by atomic mass is 10.0. The molecule has 1 saturated heterocycles. The summed E-state index contributed by atoms with van der Waals surface area (Å²) in [6.07, 6.45) is 3.01. The van der Waals surface area contributed by atoms with E-state index in [-0.39, 0.29) is 31.0 Å². The number of aryl methyl sites for hydroxylation is 1. The van der Waals surface area contributed by atoms with Gasteiger partial charge in [-0.15, -0.1) is 0 Å². The number of amides is 2. The fourth-order valence-electron chi connectivity index (χ4n) is 3.00. The molecular formula is C18H26N2O3. The number of ether oxygens (including phenoxy) is 1. The summed E-state index contributed by atoms with van der Waals surface area (Å²) in [5.74, 6) is -0.140. The van der Waals surface area contributed by atoms with Crippen LogP contribution in [0.5, 0.6) is 0 Å². The Hall–Kier alpha value is -1.88. The van der Waals surface area contributed by atoms with Gasteiger partial charge in [0, 0.05) is 19.3 Å². The van der Waals surface area contributed by atoms with Gasteiger partial charge in [0.1, 0.15) is 13.2 Å².